The maximum absolute atomic E-state index is 6.39. The number of aryl methyl sites for hydroxylation is 2. The van der Waals surface area contributed by atoms with Crippen molar-refractivity contribution >= 4 is 23.4 Å². The van der Waals surface area contributed by atoms with Crippen LogP contribution >= 0.6 is 23.4 Å². The molecule has 1 aromatic heterocycles. The van der Waals surface area contributed by atoms with E-state index < -0.39 is 0 Å². The molecule has 0 aliphatic carbocycles. The quantitative estimate of drug-likeness (QED) is 0.916. The van der Waals surface area contributed by atoms with Crippen LogP contribution in [0, 0.1) is 0 Å². The number of halogens is 1. The lowest BCUT2D eigenvalue weighted by atomic mass is 9.97. The van der Waals surface area contributed by atoms with Crippen molar-refractivity contribution in [2.45, 2.75) is 37.4 Å². The van der Waals surface area contributed by atoms with Crippen molar-refractivity contribution in [2.24, 2.45) is 12.8 Å². The van der Waals surface area contributed by atoms with E-state index in [2.05, 4.69) is 12.0 Å². The standard InChI is InChI=1S/C12H20ClN3S/c1-3-9-11(13)10(16(2)15-9)7-12(8-14)5-4-6-17-12/h3-8,14H2,1-2H3. The SMILES string of the molecule is CCc1nn(C)c(CC2(CN)CCCS2)c1Cl. The summed E-state index contributed by atoms with van der Waals surface area (Å²) >= 11 is 8.39. The average Bonchev–Trinajstić information content (AvgIpc) is 2.90. The zero-order valence-electron chi connectivity index (χ0n) is 10.5. The molecule has 0 aromatic carbocycles. The van der Waals surface area contributed by atoms with Gasteiger partial charge in [0, 0.05) is 24.8 Å². The molecule has 96 valence electrons. The van der Waals surface area contributed by atoms with Gasteiger partial charge >= 0.3 is 0 Å². The molecule has 1 unspecified atom stereocenters. The Morgan fingerprint density at radius 3 is 2.82 bits per heavy atom. The van der Waals surface area contributed by atoms with Gasteiger partial charge in [-0.05, 0) is 25.0 Å². The normalized spacial score (nSPS) is 24.5. The van der Waals surface area contributed by atoms with Crippen LogP contribution < -0.4 is 5.73 Å². The summed E-state index contributed by atoms with van der Waals surface area (Å²) in [6.07, 6.45) is 4.28. The third-order valence-electron chi connectivity index (χ3n) is 3.55. The van der Waals surface area contributed by atoms with Gasteiger partial charge in [0.25, 0.3) is 0 Å². The van der Waals surface area contributed by atoms with Crippen molar-refractivity contribution in [2.75, 3.05) is 12.3 Å². The van der Waals surface area contributed by atoms with Gasteiger partial charge in [-0.1, -0.05) is 18.5 Å². The van der Waals surface area contributed by atoms with Gasteiger partial charge in [0.2, 0.25) is 0 Å². The first kappa shape index (κ1) is 13.2. The van der Waals surface area contributed by atoms with Crippen molar-refractivity contribution in [3.8, 4) is 0 Å². The van der Waals surface area contributed by atoms with E-state index in [0.717, 1.165) is 35.8 Å². The average molecular weight is 274 g/mol. The van der Waals surface area contributed by atoms with E-state index in [-0.39, 0.29) is 4.75 Å². The van der Waals surface area contributed by atoms with Crippen LogP contribution in [0.2, 0.25) is 5.02 Å². The molecular formula is C12H20ClN3S. The van der Waals surface area contributed by atoms with Crippen LogP contribution in [-0.4, -0.2) is 26.8 Å². The molecule has 0 bridgehead atoms. The fraction of sp³-hybridized carbons (Fsp3) is 0.750. The molecule has 1 saturated heterocycles. The summed E-state index contributed by atoms with van der Waals surface area (Å²) in [6.45, 7) is 2.81. The van der Waals surface area contributed by atoms with Crippen LogP contribution in [0.1, 0.15) is 31.2 Å². The highest BCUT2D eigenvalue weighted by Gasteiger charge is 2.35. The number of thioether (sulfide) groups is 1. The highest BCUT2D eigenvalue weighted by atomic mass is 35.5. The summed E-state index contributed by atoms with van der Waals surface area (Å²) < 4.78 is 2.11. The fourth-order valence-electron chi connectivity index (χ4n) is 2.44. The van der Waals surface area contributed by atoms with Crippen LogP contribution in [-0.2, 0) is 19.9 Å². The Labute approximate surface area is 112 Å². The van der Waals surface area contributed by atoms with Crippen LogP contribution in [0.15, 0.2) is 0 Å². The van der Waals surface area contributed by atoms with E-state index in [4.69, 9.17) is 17.3 Å². The summed E-state index contributed by atoms with van der Waals surface area (Å²) in [4.78, 5) is 0. The molecule has 0 amide bonds. The molecule has 2 rings (SSSR count). The van der Waals surface area contributed by atoms with Crippen LogP contribution in [0.4, 0.5) is 0 Å². The van der Waals surface area contributed by atoms with E-state index in [9.17, 15) is 0 Å². The number of nitrogens with two attached hydrogens (primary N) is 1. The largest absolute Gasteiger partial charge is 0.329 e. The summed E-state index contributed by atoms with van der Waals surface area (Å²) in [5, 5.41) is 5.31. The van der Waals surface area contributed by atoms with Crippen LogP contribution in [0.25, 0.3) is 0 Å². The van der Waals surface area contributed by atoms with Crippen molar-refractivity contribution in [3.05, 3.63) is 16.4 Å². The Morgan fingerprint density at radius 2 is 2.35 bits per heavy atom. The summed E-state index contributed by atoms with van der Waals surface area (Å²) in [6, 6.07) is 0. The molecule has 0 radical (unpaired) electrons. The molecule has 17 heavy (non-hydrogen) atoms. The molecule has 0 spiro atoms. The van der Waals surface area contributed by atoms with Gasteiger partial charge in [-0.2, -0.15) is 16.9 Å². The summed E-state index contributed by atoms with van der Waals surface area (Å²) in [5.74, 6) is 1.22. The van der Waals surface area contributed by atoms with Crippen LogP contribution in [0.3, 0.4) is 0 Å². The van der Waals surface area contributed by atoms with Gasteiger partial charge in [-0.3, -0.25) is 4.68 Å². The van der Waals surface area contributed by atoms with Crippen molar-refractivity contribution in [1.82, 2.24) is 9.78 Å². The molecule has 3 nitrogen and oxygen atoms in total. The van der Waals surface area contributed by atoms with Crippen molar-refractivity contribution in [3.63, 3.8) is 0 Å². The smallest absolute Gasteiger partial charge is 0.0850 e. The second kappa shape index (κ2) is 5.21. The number of hydrogen-bond donors (Lipinski definition) is 1. The first-order valence-electron chi connectivity index (χ1n) is 6.16. The predicted octanol–water partition coefficient (Wildman–Crippen LogP) is 2.40. The molecule has 0 saturated carbocycles. The molecule has 1 aliphatic rings. The molecule has 2 N–H and O–H groups in total. The van der Waals surface area contributed by atoms with Gasteiger partial charge in [-0.15, -0.1) is 0 Å². The Morgan fingerprint density at radius 1 is 1.59 bits per heavy atom. The fourth-order valence-corrected chi connectivity index (χ4v) is 4.17. The summed E-state index contributed by atoms with van der Waals surface area (Å²) in [7, 11) is 1.98. The second-order valence-corrected chi connectivity index (χ2v) is 6.64. The molecular weight excluding hydrogens is 254 g/mol. The number of nitrogens with zero attached hydrogens (tertiary/aromatic N) is 2. The first-order chi connectivity index (χ1) is 8.12. The lowest BCUT2D eigenvalue weighted by Gasteiger charge is -2.26. The van der Waals surface area contributed by atoms with E-state index in [0.29, 0.717) is 0 Å². The minimum Gasteiger partial charge on any atom is -0.329 e. The van der Waals surface area contributed by atoms with Crippen LogP contribution in [0.5, 0.6) is 0 Å². The topological polar surface area (TPSA) is 43.8 Å². The molecule has 1 atom stereocenters. The molecule has 1 aromatic rings. The second-order valence-electron chi connectivity index (χ2n) is 4.70. The maximum atomic E-state index is 6.39. The van der Waals surface area contributed by atoms with E-state index in [1.54, 1.807) is 0 Å². The monoisotopic (exact) mass is 273 g/mol. The van der Waals surface area contributed by atoms with E-state index in [1.807, 2.05) is 23.5 Å². The Hall–Kier alpha value is -0.190. The molecule has 1 fully saturated rings. The molecule has 2 heterocycles. The van der Waals surface area contributed by atoms with Gasteiger partial charge in [-0.25, -0.2) is 0 Å². The molecule has 5 heteroatoms. The minimum atomic E-state index is 0.183. The third kappa shape index (κ3) is 2.49. The lowest BCUT2D eigenvalue weighted by molar-refractivity contribution is 0.540. The Kier molecular flexibility index (Phi) is 4.06. The van der Waals surface area contributed by atoms with Gasteiger partial charge < -0.3 is 5.73 Å². The first-order valence-corrected chi connectivity index (χ1v) is 7.52. The highest BCUT2D eigenvalue weighted by Crippen LogP contribution is 2.41. The third-order valence-corrected chi connectivity index (χ3v) is 5.61. The lowest BCUT2D eigenvalue weighted by Crippen LogP contribution is -2.34. The van der Waals surface area contributed by atoms with Gasteiger partial charge in [0.15, 0.2) is 0 Å². The Bertz CT molecular complexity index is 397. The molecule has 1 aliphatic heterocycles. The minimum absolute atomic E-state index is 0.183. The van der Waals surface area contributed by atoms with E-state index in [1.165, 1.54) is 18.6 Å². The predicted molar refractivity (Wildman–Crippen MR) is 74.8 cm³/mol. The Balaban J connectivity index is 2.25. The zero-order chi connectivity index (χ0) is 12.5. The van der Waals surface area contributed by atoms with Crippen molar-refractivity contribution < 1.29 is 0 Å². The number of rotatable bonds is 4. The van der Waals surface area contributed by atoms with Crippen molar-refractivity contribution in [1.29, 1.82) is 0 Å². The van der Waals surface area contributed by atoms with Gasteiger partial charge in [0.05, 0.1) is 16.4 Å². The van der Waals surface area contributed by atoms with E-state index >= 15 is 0 Å². The highest BCUT2D eigenvalue weighted by molar-refractivity contribution is 8.00. The number of aromatic nitrogens is 2. The number of hydrogen-bond acceptors (Lipinski definition) is 3. The summed E-state index contributed by atoms with van der Waals surface area (Å²) in [5.41, 5.74) is 8.10. The zero-order valence-corrected chi connectivity index (χ0v) is 12.1. The van der Waals surface area contributed by atoms with Gasteiger partial charge in [0.1, 0.15) is 0 Å². The maximum Gasteiger partial charge on any atom is 0.0850 e.